The molecular formula is C10H5ClF4N2O. The van der Waals surface area contributed by atoms with E-state index in [-0.39, 0.29) is 5.02 Å². The van der Waals surface area contributed by atoms with Crippen LogP contribution in [0.15, 0.2) is 29.1 Å². The van der Waals surface area contributed by atoms with Crippen LogP contribution in [0.1, 0.15) is 5.69 Å². The van der Waals surface area contributed by atoms with Crippen LogP contribution in [0.2, 0.25) is 5.02 Å². The number of para-hydroxylation sites is 1. The van der Waals surface area contributed by atoms with Crippen LogP contribution in [0.25, 0.3) is 5.69 Å². The molecule has 18 heavy (non-hydrogen) atoms. The van der Waals surface area contributed by atoms with Crippen molar-refractivity contribution in [1.82, 2.24) is 9.78 Å². The Bertz CT molecular complexity index is 624. The number of H-pyrrole nitrogens is 1. The summed E-state index contributed by atoms with van der Waals surface area (Å²) >= 11 is 5.66. The van der Waals surface area contributed by atoms with E-state index >= 15 is 0 Å². The SMILES string of the molecule is O=c1cc(C(F)(F)F)[nH]n1-c1c(F)cccc1Cl. The molecule has 0 saturated heterocycles. The van der Waals surface area contributed by atoms with Crippen LogP contribution < -0.4 is 5.56 Å². The van der Waals surface area contributed by atoms with Crippen molar-refractivity contribution in [3.8, 4) is 5.69 Å². The first kappa shape index (κ1) is 12.7. The van der Waals surface area contributed by atoms with Gasteiger partial charge in [0.1, 0.15) is 17.2 Å². The van der Waals surface area contributed by atoms with E-state index in [1.807, 2.05) is 0 Å². The number of benzene rings is 1. The van der Waals surface area contributed by atoms with Gasteiger partial charge in [0.05, 0.1) is 5.02 Å². The van der Waals surface area contributed by atoms with E-state index in [1.54, 1.807) is 5.10 Å². The molecule has 1 aromatic heterocycles. The van der Waals surface area contributed by atoms with Crippen molar-refractivity contribution < 1.29 is 17.6 Å². The fraction of sp³-hybridized carbons (Fsp3) is 0.100. The molecule has 0 aliphatic rings. The Balaban J connectivity index is 2.66. The summed E-state index contributed by atoms with van der Waals surface area (Å²) in [7, 11) is 0. The monoisotopic (exact) mass is 280 g/mol. The molecule has 1 aromatic carbocycles. The molecule has 1 N–H and O–H groups in total. The number of halogens is 5. The van der Waals surface area contributed by atoms with Gasteiger partial charge in [0, 0.05) is 6.07 Å². The lowest BCUT2D eigenvalue weighted by molar-refractivity contribution is -0.141. The van der Waals surface area contributed by atoms with Gasteiger partial charge in [0.15, 0.2) is 0 Å². The largest absolute Gasteiger partial charge is 0.432 e. The van der Waals surface area contributed by atoms with Crippen LogP contribution in [-0.2, 0) is 6.18 Å². The Kier molecular flexibility index (Phi) is 2.94. The van der Waals surface area contributed by atoms with E-state index in [0.717, 1.165) is 6.07 Å². The van der Waals surface area contributed by atoms with Crippen molar-refractivity contribution in [1.29, 1.82) is 0 Å². The smallest absolute Gasteiger partial charge is 0.286 e. The minimum atomic E-state index is -4.72. The second-order valence-electron chi connectivity index (χ2n) is 3.41. The predicted molar refractivity (Wildman–Crippen MR) is 56.4 cm³/mol. The van der Waals surface area contributed by atoms with Crippen LogP contribution in [-0.4, -0.2) is 9.78 Å². The first-order chi connectivity index (χ1) is 8.30. The molecule has 0 aliphatic carbocycles. The molecule has 2 rings (SSSR count). The molecule has 0 saturated carbocycles. The number of nitrogens with one attached hydrogen (secondary N) is 1. The molecule has 0 fully saturated rings. The van der Waals surface area contributed by atoms with Crippen LogP contribution in [0, 0.1) is 5.82 Å². The van der Waals surface area contributed by atoms with E-state index in [4.69, 9.17) is 11.6 Å². The average Bonchev–Trinajstić information content (AvgIpc) is 2.60. The molecule has 0 spiro atoms. The second-order valence-corrected chi connectivity index (χ2v) is 3.82. The van der Waals surface area contributed by atoms with E-state index in [2.05, 4.69) is 0 Å². The zero-order valence-corrected chi connectivity index (χ0v) is 9.31. The lowest BCUT2D eigenvalue weighted by Crippen LogP contribution is -2.15. The fourth-order valence-electron chi connectivity index (χ4n) is 1.41. The van der Waals surface area contributed by atoms with E-state index in [9.17, 15) is 22.4 Å². The summed E-state index contributed by atoms with van der Waals surface area (Å²) in [6, 6.07) is 3.87. The van der Waals surface area contributed by atoms with Gasteiger partial charge in [0.25, 0.3) is 5.56 Å². The molecule has 1 heterocycles. The normalized spacial score (nSPS) is 11.8. The van der Waals surface area contributed by atoms with Crippen LogP contribution in [0.5, 0.6) is 0 Å². The Labute approximate surface area is 103 Å². The molecule has 0 unspecified atom stereocenters. The molecule has 0 atom stereocenters. The van der Waals surface area contributed by atoms with Crippen molar-refractivity contribution >= 4 is 11.6 Å². The van der Waals surface area contributed by atoms with Crippen molar-refractivity contribution in [2.75, 3.05) is 0 Å². The Hall–Kier alpha value is -1.76. The van der Waals surface area contributed by atoms with Crippen LogP contribution in [0.3, 0.4) is 0 Å². The molecule has 0 amide bonds. The quantitative estimate of drug-likeness (QED) is 0.801. The molecule has 8 heteroatoms. The maximum atomic E-state index is 13.5. The van der Waals surface area contributed by atoms with Gasteiger partial charge < -0.3 is 0 Å². The second kappa shape index (κ2) is 4.16. The van der Waals surface area contributed by atoms with Crippen LogP contribution >= 0.6 is 11.6 Å². The van der Waals surface area contributed by atoms with Crippen molar-refractivity contribution in [2.45, 2.75) is 6.18 Å². The first-order valence-electron chi connectivity index (χ1n) is 4.64. The van der Waals surface area contributed by atoms with E-state index in [0.29, 0.717) is 10.7 Å². The number of hydrogen-bond donors (Lipinski definition) is 1. The summed E-state index contributed by atoms with van der Waals surface area (Å²) in [6.07, 6.45) is -4.72. The Morgan fingerprint density at radius 1 is 1.28 bits per heavy atom. The van der Waals surface area contributed by atoms with Crippen molar-refractivity contribution in [2.24, 2.45) is 0 Å². The van der Waals surface area contributed by atoms with Crippen LogP contribution in [0.4, 0.5) is 17.6 Å². The highest BCUT2D eigenvalue weighted by Gasteiger charge is 2.34. The topological polar surface area (TPSA) is 37.8 Å². The molecule has 0 bridgehead atoms. The Morgan fingerprint density at radius 3 is 2.44 bits per heavy atom. The summed E-state index contributed by atoms with van der Waals surface area (Å²) in [6.45, 7) is 0. The minimum absolute atomic E-state index is 0.173. The fourth-order valence-corrected chi connectivity index (χ4v) is 1.66. The lowest BCUT2D eigenvalue weighted by atomic mass is 10.3. The minimum Gasteiger partial charge on any atom is -0.286 e. The maximum absolute atomic E-state index is 13.5. The van der Waals surface area contributed by atoms with Gasteiger partial charge in [-0.15, -0.1) is 0 Å². The number of aromatic nitrogens is 2. The zero-order chi connectivity index (χ0) is 13.5. The van der Waals surface area contributed by atoms with Gasteiger partial charge in [0.2, 0.25) is 0 Å². The average molecular weight is 281 g/mol. The van der Waals surface area contributed by atoms with E-state index in [1.165, 1.54) is 12.1 Å². The van der Waals surface area contributed by atoms with Gasteiger partial charge in [-0.3, -0.25) is 9.89 Å². The summed E-state index contributed by atoms with van der Waals surface area (Å²) in [4.78, 5) is 11.4. The number of nitrogens with zero attached hydrogens (tertiary/aromatic N) is 1. The summed E-state index contributed by atoms with van der Waals surface area (Å²) < 4.78 is 51.1. The number of hydrogen-bond acceptors (Lipinski definition) is 1. The van der Waals surface area contributed by atoms with Crippen molar-refractivity contribution in [3.63, 3.8) is 0 Å². The first-order valence-corrected chi connectivity index (χ1v) is 5.02. The number of rotatable bonds is 1. The van der Waals surface area contributed by atoms with Gasteiger partial charge in [-0.05, 0) is 12.1 Å². The summed E-state index contributed by atoms with van der Waals surface area (Å²) in [5.41, 5.74) is -2.76. The Morgan fingerprint density at radius 2 is 1.94 bits per heavy atom. The maximum Gasteiger partial charge on any atom is 0.432 e. The number of aromatic amines is 1. The highest BCUT2D eigenvalue weighted by molar-refractivity contribution is 6.32. The number of alkyl halides is 3. The highest BCUT2D eigenvalue weighted by atomic mass is 35.5. The molecule has 3 nitrogen and oxygen atoms in total. The summed E-state index contributed by atoms with van der Waals surface area (Å²) in [5.74, 6) is -0.903. The standard InChI is InChI=1S/C10H5ClF4N2O/c11-5-2-1-3-6(12)9(5)17-8(18)4-7(16-17)10(13,14)15/h1-4,16H. The third-order valence-corrected chi connectivity index (χ3v) is 2.49. The van der Waals surface area contributed by atoms with Gasteiger partial charge in [-0.2, -0.15) is 13.2 Å². The third-order valence-electron chi connectivity index (χ3n) is 2.19. The highest BCUT2D eigenvalue weighted by Crippen LogP contribution is 2.28. The van der Waals surface area contributed by atoms with E-state index < -0.39 is 28.9 Å². The zero-order valence-electron chi connectivity index (χ0n) is 8.55. The molecule has 0 aliphatic heterocycles. The summed E-state index contributed by atoms with van der Waals surface area (Å²) in [5, 5.41) is 1.60. The molecule has 96 valence electrons. The third kappa shape index (κ3) is 2.13. The van der Waals surface area contributed by atoms with Gasteiger partial charge >= 0.3 is 6.18 Å². The molecule has 0 radical (unpaired) electrons. The van der Waals surface area contributed by atoms with Crippen molar-refractivity contribution in [3.05, 3.63) is 51.2 Å². The molecule has 2 aromatic rings. The van der Waals surface area contributed by atoms with Gasteiger partial charge in [-0.25, -0.2) is 9.07 Å². The van der Waals surface area contributed by atoms with Gasteiger partial charge in [-0.1, -0.05) is 17.7 Å². The predicted octanol–water partition coefficient (Wildman–Crippen LogP) is 2.98. The molecular weight excluding hydrogens is 276 g/mol. The lowest BCUT2D eigenvalue weighted by Gasteiger charge is -2.06.